The van der Waals surface area contributed by atoms with Gasteiger partial charge in [0.25, 0.3) is 0 Å². The molecule has 160 valence electrons. The molecule has 0 spiro atoms. The Morgan fingerprint density at radius 2 is 1.93 bits per heavy atom. The summed E-state index contributed by atoms with van der Waals surface area (Å²) in [7, 11) is 1.67. The Kier molecular flexibility index (Phi) is 10.4. The van der Waals surface area contributed by atoms with E-state index in [0.717, 1.165) is 5.69 Å². The van der Waals surface area contributed by atoms with Crippen LogP contribution in [-0.4, -0.2) is 62.3 Å². The predicted octanol–water partition coefficient (Wildman–Crippen LogP) is 3.54. The van der Waals surface area contributed by atoms with E-state index in [9.17, 15) is 13.2 Å². The summed E-state index contributed by atoms with van der Waals surface area (Å²) < 4.78 is 37.6. The summed E-state index contributed by atoms with van der Waals surface area (Å²) in [5.74, 6) is 1.01. The van der Waals surface area contributed by atoms with Gasteiger partial charge in [-0.1, -0.05) is 32.0 Å². The Labute approximate surface area is 182 Å². The topological polar surface area (TPSA) is 51.7 Å². The summed E-state index contributed by atoms with van der Waals surface area (Å²) >= 11 is 0. The first-order chi connectivity index (χ1) is 12.8. The van der Waals surface area contributed by atoms with E-state index >= 15 is 0 Å². The number of guanidine groups is 1. The zero-order valence-corrected chi connectivity index (χ0v) is 18.9. The molecular weight excluding hydrogens is 482 g/mol. The minimum absolute atomic E-state index is 0. The first kappa shape index (κ1) is 24.8. The van der Waals surface area contributed by atoms with Crippen molar-refractivity contribution >= 4 is 35.6 Å². The van der Waals surface area contributed by atoms with Gasteiger partial charge in [-0.25, -0.2) is 0 Å². The first-order valence-electron chi connectivity index (χ1n) is 9.34. The van der Waals surface area contributed by atoms with Crippen LogP contribution in [0.2, 0.25) is 0 Å². The summed E-state index contributed by atoms with van der Waals surface area (Å²) in [6.07, 6.45) is -3.48. The van der Waals surface area contributed by atoms with Crippen LogP contribution in [0.15, 0.2) is 35.3 Å². The molecule has 1 aromatic carbocycles. The van der Waals surface area contributed by atoms with Gasteiger partial charge in [0, 0.05) is 44.5 Å². The summed E-state index contributed by atoms with van der Waals surface area (Å²) in [5, 5.41) is 10.0. The normalized spacial score (nSPS) is 19.2. The van der Waals surface area contributed by atoms with Gasteiger partial charge >= 0.3 is 6.18 Å². The first-order valence-corrected chi connectivity index (χ1v) is 9.34. The molecule has 1 aromatic rings. The number of alkyl halides is 3. The average Bonchev–Trinajstić information content (AvgIpc) is 3.02. The van der Waals surface area contributed by atoms with Crippen LogP contribution in [0, 0.1) is 5.92 Å². The van der Waals surface area contributed by atoms with E-state index in [-0.39, 0.29) is 36.1 Å². The van der Waals surface area contributed by atoms with Crippen LogP contribution in [0.3, 0.4) is 0 Å². The molecule has 28 heavy (non-hydrogen) atoms. The molecule has 1 aliphatic rings. The highest BCUT2D eigenvalue weighted by Gasteiger charge is 2.34. The number of anilines is 1. The third kappa shape index (κ3) is 8.85. The SMILES string of the molecule is CN=C(NCC(Nc1ccccc1)C(C)C)NC1CCN(CC(F)(F)F)C1.I. The van der Waals surface area contributed by atoms with Crippen molar-refractivity contribution in [2.45, 2.75) is 38.5 Å². The van der Waals surface area contributed by atoms with Crippen LogP contribution in [0.4, 0.5) is 18.9 Å². The van der Waals surface area contributed by atoms with Crippen molar-refractivity contribution < 1.29 is 13.2 Å². The van der Waals surface area contributed by atoms with Crippen molar-refractivity contribution in [2.24, 2.45) is 10.9 Å². The number of aliphatic imine (C=N–C) groups is 1. The van der Waals surface area contributed by atoms with Crippen LogP contribution in [0.1, 0.15) is 20.3 Å². The molecule has 2 rings (SSSR count). The van der Waals surface area contributed by atoms with Gasteiger partial charge in [-0.2, -0.15) is 13.2 Å². The van der Waals surface area contributed by atoms with Gasteiger partial charge in [0.15, 0.2) is 5.96 Å². The molecule has 5 nitrogen and oxygen atoms in total. The van der Waals surface area contributed by atoms with E-state index in [0.29, 0.717) is 37.9 Å². The monoisotopic (exact) mass is 513 g/mol. The van der Waals surface area contributed by atoms with Crippen LogP contribution in [0.5, 0.6) is 0 Å². The predicted molar refractivity (Wildman–Crippen MR) is 120 cm³/mol. The van der Waals surface area contributed by atoms with Gasteiger partial charge in [0.2, 0.25) is 0 Å². The second-order valence-corrected chi connectivity index (χ2v) is 7.29. The van der Waals surface area contributed by atoms with Crippen molar-refractivity contribution in [2.75, 3.05) is 38.5 Å². The molecule has 1 heterocycles. The summed E-state index contributed by atoms with van der Waals surface area (Å²) in [6.45, 7) is 4.90. The maximum atomic E-state index is 12.5. The Hall–Kier alpha value is -1.23. The molecule has 0 aliphatic carbocycles. The van der Waals surface area contributed by atoms with E-state index in [2.05, 4.69) is 34.8 Å². The third-order valence-corrected chi connectivity index (χ3v) is 4.66. The number of rotatable bonds is 7. The van der Waals surface area contributed by atoms with Gasteiger partial charge < -0.3 is 16.0 Å². The molecular formula is C19H31F3IN5. The van der Waals surface area contributed by atoms with Crippen LogP contribution in [-0.2, 0) is 0 Å². The summed E-state index contributed by atoms with van der Waals surface area (Å²) in [4.78, 5) is 5.64. The molecule has 0 aromatic heterocycles. The number of hydrogen-bond acceptors (Lipinski definition) is 3. The van der Waals surface area contributed by atoms with Crippen LogP contribution < -0.4 is 16.0 Å². The fraction of sp³-hybridized carbons (Fsp3) is 0.632. The molecule has 2 atom stereocenters. The smallest absolute Gasteiger partial charge is 0.380 e. The number of likely N-dealkylation sites (tertiary alicyclic amines) is 1. The van der Waals surface area contributed by atoms with Gasteiger partial charge in [-0.15, -0.1) is 24.0 Å². The van der Waals surface area contributed by atoms with Crippen molar-refractivity contribution in [3.05, 3.63) is 30.3 Å². The Morgan fingerprint density at radius 1 is 1.25 bits per heavy atom. The van der Waals surface area contributed by atoms with E-state index in [1.165, 1.54) is 4.90 Å². The number of para-hydroxylation sites is 1. The summed E-state index contributed by atoms with van der Waals surface area (Å²) in [6, 6.07) is 10.2. The molecule has 2 unspecified atom stereocenters. The van der Waals surface area contributed by atoms with Crippen molar-refractivity contribution in [3.63, 3.8) is 0 Å². The molecule has 0 saturated carbocycles. The number of nitrogens with zero attached hydrogens (tertiary/aromatic N) is 2. The zero-order chi connectivity index (χ0) is 19.9. The second-order valence-electron chi connectivity index (χ2n) is 7.29. The van der Waals surface area contributed by atoms with Gasteiger partial charge in [-0.3, -0.25) is 9.89 Å². The summed E-state index contributed by atoms with van der Waals surface area (Å²) in [5.41, 5.74) is 1.06. The highest BCUT2D eigenvalue weighted by Crippen LogP contribution is 2.20. The molecule has 1 aliphatic heterocycles. The highest BCUT2D eigenvalue weighted by atomic mass is 127. The van der Waals surface area contributed by atoms with E-state index in [1.807, 2.05) is 30.3 Å². The fourth-order valence-corrected chi connectivity index (χ4v) is 3.14. The van der Waals surface area contributed by atoms with Gasteiger partial charge in [0.1, 0.15) is 0 Å². The zero-order valence-electron chi connectivity index (χ0n) is 16.6. The number of benzene rings is 1. The lowest BCUT2D eigenvalue weighted by molar-refractivity contribution is -0.143. The largest absolute Gasteiger partial charge is 0.401 e. The average molecular weight is 513 g/mol. The van der Waals surface area contributed by atoms with Crippen LogP contribution in [0.25, 0.3) is 0 Å². The lowest BCUT2D eigenvalue weighted by Crippen LogP contribution is -2.48. The number of halogens is 4. The molecule has 0 radical (unpaired) electrons. The Morgan fingerprint density at radius 3 is 2.50 bits per heavy atom. The van der Waals surface area contributed by atoms with Crippen LogP contribution >= 0.6 is 24.0 Å². The van der Waals surface area contributed by atoms with Gasteiger partial charge in [0.05, 0.1) is 6.54 Å². The lowest BCUT2D eigenvalue weighted by atomic mass is 10.0. The lowest BCUT2D eigenvalue weighted by Gasteiger charge is -2.26. The molecule has 1 saturated heterocycles. The van der Waals surface area contributed by atoms with Crippen molar-refractivity contribution in [1.29, 1.82) is 0 Å². The molecule has 0 amide bonds. The van der Waals surface area contributed by atoms with Crippen molar-refractivity contribution in [3.8, 4) is 0 Å². The quantitative estimate of drug-likeness (QED) is 0.297. The minimum atomic E-state index is -4.15. The molecule has 3 N–H and O–H groups in total. The highest BCUT2D eigenvalue weighted by molar-refractivity contribution is 14.0. The maximum Gasteiger partial charge on any atom is 0.401 e. The minimum Gasteiger partial charge on any atom is -0.380 e. The molecule has 1 fully saturated rings. The maximum absolute atomic E-state index is 12.5. The van der Waals surface area contributed by atoms with E-state index in [4.69, 9.17) is 0 Å². The molecule has 9 heteroatoms. The van der Waals surface area contributed by atoms with E-state index < -0.39 is 12.7 Å². The van der Waals surface area contributed by atoms with E-state index in [1.54, 1.807) is 7.05 Å². The third-order valence-electron chi connectivity index (χ3n) is 4.66. The molecule has 0 bridgehead atoms. The number of hydrogen-bond donors (Lipinski definition) is 3. The Balaban J connectivity index is 0.00000392. The van der Waals surface area contributed by atoms with Crippen molar-refractivity contribution in [1.82, 2.24) is 15.5 Å². The Bertz CT molecular complexity index is 595. The number of nitrogens with one attached hydrogen (secondary N) is 3. The standard InChI is InChI=1S/C19H30F3N5.HI/c1-14(2)17(25-15-7-5-4-6-8-15)11-24-18(23-3)26-16-9-10-27(12-16)13-19(20,21)22;/h4-8,14,16-17,25H,9-13H2,1-3H3,(H2,23,24,26);1H. The van der Waals surface area contributed by atoms with Gasteiger partial charge in [-0.05, 0) is 24.5 Å². The fourth-order valence-electron chi connectivity index (χ4n) is 3.14. The second kappa shape index (κ2) is 11.7.